The van der Waals surface area contributed by atoms with Gasteiger partial charge >= 0.3 is 6.09 Å². The summed E-state index contributed by atoms with van der Waals surface area (Å²) in [6, 6.07) is 12.8. The van der Waals surface area contributed by atoms with E-state index in [9.17, 15) is 25.0 Å². The second-order valence-electron chi connectivity index (χ2n) is 8.83. The Morgan fingerprint density at radius 2 is 2.08 bits per heavy atom. The predicted octanol–water partition coefficient (Wildman–Crippen LogP) is 3.82. The molecule has 2 N–H and O–H groups in total. The minimum atomic E-state index is -0.939. The van der Waals surface area contributed by atoms with Gasteiger partial charge in [0.2, 0.25) is 5.91 Å². The summed E-state index contributed by atoms with van der Waals surface area (Å²) in [6.45, 7) is 2.41. The van der Waals surface area contributed by atoms with Crippen molar-refractivity contribution in [3.63, 3.8) is 0 Å². The number of piperidine rings is 1. The Morgan fingerprint density at radius 1 is 1.32 bits per heavy atom. The third-order valence-electron chi connectivity index (χ3n) is 6.21. The van der Waals surface area contributed by atoms with Crippen molar-refractivity contribution in [3.8, 4) is 6.07 Å². The van der Waals surface area contributed by atoms with Crippen molar-refractivity contribution >= 4 is 46.7 Å². The Balaban J connectivity index is 1.39. The number of cyclic esters (lactones) is 1. The summed E-state index contributed by atoms with van der Waals surface area (Å²) < 4.78 is 23.0. The number of hydrogen-bond acceptors (Lipinski definition) is 9. The smallest absolute Gasteiger partial charge is 0.414 e. The number of halogens is 1. The summed E-state index contributed by atoms with van der Waals surface area (Å²) in [5.41, 5.74) is 0.194. The molecule has 0 aromatic heterocycles. The maximum Gasteiger partial charge on any atom is 0.414 e. The molecule has 194 valence electrons. The van der Waals surface area contributed by atoms with Gasteiger partial charge in [-0.1, -0.05) is 6.07 Å². The third-order valence-corrected chi connectivity index (χ3v) is 7.18. The lowest BCUT2D eigenvalue weighted by Crippen LogP contribution is -2.48. The van der Waals surface area contributed by atoms with E-state index in [1.54, 1.807) is 24.3 Å². The lowest BCUT2D eigenvalue weighted by Gasteiger charge is -2.39. The summed E-state index contributed by atoms with van der Waals surface area (Å²) >= 11 is 1.14. The first-order valence-corrected chi connectivity index (χ1v) is 12.5. The molecule has 37 heavy (non-hydrogen) atoms. The molecule has 11 nitrogen and oxygen atoms in total. The topological polar surface area (TPSA) is 141 Å². The van der Waals surface area contributed by atoms with Gasteiger partial charge in [-0.05, 0) is 36.2 Å². The van der Waals surface area contributed by atoms with Crippen LogP contribution in [0.1, 0.15) is 19.8 Å². The zero-order valence-corrected chi connectivity index (χ0v) is 20.8. The van der Waals surface area contributed by atoms with E-state index >= 15 is 4.39 Å². The summed E-state index contributed by atoms with van der Waals surface area (Å²) in [4.78, 5) is 37.0. The lowest BCUT2D eigenvalue weighted by atomic mass is 9.88. The van der Waals surface area contributed by atoms with E-state index in [0.717, 1.165) is 11.9 Å². The summed E-state index contributed by atoms with van der Waals surface area (Å²) in [5, 5.41) is 24.1. The third kappa shape index (κ3) is 6.03. The van der Waals surface area contributed by atoms with Crippen LogP contribution in [0.25, 0.3) is 0 Å². The van der Waals surface area contributed by atoms with E-state index in [0.29, 0.717) is 48.7 Å². The van der Waals surface area contributed by atoms with Crippen molar-refractivity contribution in [2.75, 3.05) is 40.5 Å². The number of benzene rings is 2. The van der Waals surface area contributed by atoms with Crippen LogP contribution in [0, 0.1) is 27.3 Å². The molecule has 0 radical (unpaired) electrons. The minimum absolute atomic E-state index is 0.0719. The number of carbonyl (C=O) groups is 2. The van der Waals surface area contributed by atoms with Gasteiger partial charge in [0, 0.05) is 50.7 Å². The van der Waals surface area contributed by atoms with Crippen LogP contribution in [-0.2, 0) is 9.53 Å². The molecule has 0 bridgehead atoms. The van der Waals surface area contributed by atoms with Crippen molar-refractivity contribution in [2.45, 2.75) is 31.4 Å². The molecule has 0 saturated carbocycles. The average Bonchev–Trinajstić information content (AvgIpc) is 3.24. The molecule has 2 aromatic carbocycles. The Morgan fingerprint density at radius 3 is 2.73 bits per heavy atom. The van der Waals surface area contributed by atoms with Crippen LogP contribution >= 0.6 is 11.9 Å². The maximum atomic E-state index is 15.1. The maximum absolute atomic E-state index is 15.1. The van der Waals surface area contributed by atoms with Crippen LogP contribution in [0.5, 0.6) is 0 Å². The number of nitriles is 1. The summed E-state index contributed by atoms with van der Waals surface area (Å²) in [5.74, 6) is -0.327. The highest BCUT2D eigenvalue weighted by atomic mass is 32.2. The Kier molecular flexibility index (Phi) is 7.68. The van der Waals surface area contributed by atoms with Gasteiger partial charge in [0.05, 0.1) is 34.7 Å². The highest BCUT2D eigenvalue weighted by Gasteiger charge is 2.36. The van der Waals surface area contributed by atoms with Gasteiger partial charge in [-0.3, -0.25) is 19.8 Å². The first-order valence-electron chi connectivity index (χ1n) is 11.5. The molecular weight excluding hydrogens is 503 g/mol. The molecule has 13 heteroatoms. The van der Waals surface area contributed by atoms with Crippen LogP contribution < -0.4 is 19.8 Å². The van der Waals surface area contributed by atoms with E-state index in [-0.39, 0.29) is 18.1 Å². The molecule has 2 saturated heterocycles. The number of rotatable bonds is 8. The number of amides is 2. The predicted molar refractivity (Wildman–Crippen MR) is 137 cm³/mol. The van der Waals surface area contributed by atoms with Gasteiger partial charge in [0.1, 0.15) is 17.5 Å². The van der Waals surface area contributed by atoms with E-state index in [1.807, 2.05) is 4.90 Å². The van der Waals surface area contributed by atoms with Crippen LogP contribution in [0.2, 0.25) is 0 Å². The van der Waals surface area contributed by atoms with E-state index in [4.69, 9.17) is 4.74 Å². The van der Waals surface area contributed by atoms with Gasteiger partial charge in [0.15, 0.2) is 0 Å². The molecule has 2 aliphatic rings. The number of non-ortho nitro benzene ring substituents is 1. The number of anilines is 3. The van der Waals surface area contributed by atoms with E-state index in [2.05, 4.69) is 16.1 Å². The molecule has 4 rings (SSSR count). The van der Waals surface area contributed by atoms with Gasteiger partial charge in [-0.2, -0.15) is 5.26 Å². The molecule has 2 aliphatic heterocycles. The SMILES string of the molecule is CC(=O)NSCC1CN(c2ccc(N3CCC(C#N)(Nc4cccc([N+](=O)[O-])c4)CC3)c(F)c2)C(=O)O1. The molecule has 0 aliphatic carbocycles. The molecule has 1 unspecified atom stereocenters. The fraction of sp³-hybridized carbons (Fsp3) is 0.375. The molecule has 1 atom stereocenters. The van der Waals surface area contributed by atoms with Gasteiger partial charge < -0.3 is 19.7 Å². The molecule has 2 fully saturated rings. The van der Waals surface area contributed by atoms with Gasteiger partial charge in [-0.25, -0.2) is 9.18 Å². The first kappa shape index (κ1) is 26.0. The monoisotopic (exact) mass is 528 g/mol. The number of nitrogens with zero attached hydrogens (tertiary/aromatic N) is 4. The van der Waals surface area contributed by atoms with Crippen molar-refractivity contribution in [1.29, 1.82) is 5.26 Å². The highest BCUT2D eigenvalue weighted by Crippen LogP contribution is 2.33. The Hall–Kier alpha value is -4.05. The molecule has 2 amide bonds. The molecule has 2 heterocycles. The number of ether oxygens (including phenoxy) is 1. The van der Waals surface area contributed by atoms with E-state index < -0.39 is 28.5 Å². The Labute approximate surface area is 216 Å². The van der Waals surface area contributed by atoms with Crippen molar-refractivity contribution < 1.29 is 23.6 Å². The number of nitro groups is 1. The first-order chi connectivity index (χ1) is 17.7. The van der Waals surface area contributed by atoms with Crippen molar-refractivity contribution in [3.05, 3.63) is 58.4 Å². The van der Waals surface area contributed by atoms with Crippen LogP contribution in [0.3, 0.4) is 0 Å². The normalized spacial score (nSPS) is 18.6. The number of nitrogens with one attached hydrogen (secondary N) is 2. The fourth-order valence-corrected chi connectivity index (χ4v) is 4.99. The van der Waals surface area contributed by atoms with E-state index in [1.165, 1.54) is 30.0 Å². The number of nitro benzene ring substituents is 1. The largest absolute Gasteiger partial charge is 0.443 e. The fourth-order valence-electron chi connectivity index (χ4n) is 4.34. The Bertz CT molecular complexity index is 1250. The zero-order chi connectivity index (χ0) is 26.6. The number of carbonyl (C=O) groups excluding carboxylic acids is 2. The van der Waals surface area contributed by atoms with Crippen LogP contribution in [-0.4, -0.2) is 54.0 Å². The lowest BCUT2D eigenvalue weighted by molar-refractivity contribution is -0.384. The summed E-state index contributed by atoms with van der Waals surface area (Å²) in [7, 11) is 0. The highest BCUT2D eigenvalue weighted by molar-refractivity contribution is 7.97. The molecular formula is C24H25FN6O5S. The quantitative estimate of drug-likeness (QED) is 0.297. The van der Waals surface area contributed by atoms with Gasteiger partial charge in [0.25, 0.3) is 5.69 Å². The molecule has 2 aromatic rings. The van der Waals surface area contributed by atoms with Crippen molar-refractivity contribution in [2.24, 2.45) is 0 Å². The second-order valence-corrected chi connectivity index (χ2v) is 9.66. The minimum Gasteiger partial charge on any atom is -0.443 e. The van der Waals surface area contributed by atoms with Crippen molar-refractivity contribution in [1.82, 2.24) is 4.72 Å². The average molecular weight is 529 g/mol. The van der Waals surface area contributed by atoms with Gasteiger partial charge in [-0.15, -0.1) is 0 Å². The molecule has 0 spiro atoms. The number of hydrogen-bond donors (Lipinski definition) is 2. The second kappa shape index (κ2) is 10.9. The standard InChI is InChI=1S/C24H25FN6O5S/c1-16(32)28-37-14-20-13-30(23(33)36-20)18-5-6-22(21(25)12-18)29-9-7-24(15-26,8-10-29)27-17-3-2-4-19(11-17)31(34)35/h2-6,11-12,20,27H,7-10,13-14H2,1H3,(H,28,32). The zero-order valence-electron chi connectivity index (χ0n) is 20.0. The summed E-state index contributed by atoms with van der Waals surface area (Å²) in [6.07, 6.45) is -0.268. The van der Waals surface area contributed by atoms with Crippen LogP contribution in [0.4, 0.5) is 31.9 Å². The van der Waals surface area contributed by atoms with Crippen LogP contribution in [0.15, 0.2) is 42.5 Å².